The standard InChI is InChI=1S/C16H18N6O/c17-5-13-7-18-8-15(20-13)21-14-3-4-23-16(14)12-6-19-22(10-12)9-11-1-2-11/h6-8,10-11,14,16H,1-4,9H2,(H,20,21)/t14-,16+/m0/s1. The molecule has 2 fully saturated rings. The monoisotopic (exact) mass is 310 g/mol. The summed E-state index contributed by atoms with van der Waals surface area (Å²) in [6, 6.07) is 2.11. The highest BCUT2D eigenvalue weighted by atomic mass is 16.5. The number of aromatic nitrogens is 4. The van der Waals surface area contributed by atoms with E-state index in [9.17, 15) is 0 Å². The maximum Gasteiger partial charge on any atom is 0.161 e. The molecule has 3 heterocycles. The first-order valence-electron chi connectivity index (χ1n) is 7.94. The first-order valence-corrected chi connectivity index (χ1v) is 7.94. The van der Waals surface area contributed by atoms with E-state index in [2.05, 4.69) is 26.6 Å². The summed E-state index contributed by atoms with van der Waals surface area (Å²) >= 11 is 0. The molecule has 7 heteroatoms. The minimum Gasteiger partial charge on any atom is -0.371 e. The molecule has 2 aromatic heterocycles. The second kappa shape index (κ2) is 5.97. The average molecular weight is 310 g/mol. The highest BCUT2D eigenvalue weighted by Gasteiger charge is 2.31. The van der Waals surface area contributed by atoms with Gasteiger partial charge in [-0.05, 0) is 25.2 Å². The van der Waals surface area contributed by atoms with Crippen LogP contribution >= 0.6 is 0 Å². The maximum atomic E-state index is 8.92. The molecule has 1 saturated heterocycles. The zero-order chi connectivity index (χ0) is 15.6. The fourth-order valence-electron chi connectivity index (χ4n) is 2.94. The molecule has 23 heavy (non-hydrogen) atoms. The third-order valence-electron chi connectivity index (χ3n) is 4.30. The summed E-state index contributed by atoms with van der Waals surface area (Å²) in [6.07, 6.45) is 10.5. The molecule has 1 saturated carbocycles. The van der Waals surface area contributed by atoms with Gasteiger partial charge in [-0.3, -0.25) is 9.67 Å². The van der Waals surface area contributed by atoms with Crippen LogP contribution in [0.2, 0.25) is 0 Å². The van der Waals surface area contributed by atoms with Gasteiger partial charge in [0.2, 0.25) is 0 Å². The third-order valence-corrected chi connectivity index (χ3v) is 4.30. The molecule has 1 aliphatic heterocycles. The largest absolute Gasteiger partial charge is 0.371 e. The molecule has 0 aromatic carbocycles. The fraction of sp³-hybridized carbons (Fsp3) is 0.500. The van der Waals surface area contributed by atoms with Crippen LogP contribution in [0.15, 0.2) is 24.8 Å². The Bertz CT molecular complexity index is 732. The number of nitriles is 1. The van der Waals surface area contributed by atoms with Crippen LogP contribution in [-0.4, -0.2) is 32.4 Å². The Morgan fingerprint density at radius 1 is 1.30 bits per heavy atom. The van der Waals surface area contributed by atoms with Gasteiger partial charge in [0, 0.05) is 24.9 Å². The summed E-state index contributed by atoms with van der Waals surface area (Å²) in [5, 5.41) is 16.7. The molecule has 2 aliphatic rings. The molecule has 2 aromatic rings. The predicted molar refractivity (Wildman–Crippen MR) is 82.4 cm³/mol. The fourth-order valence-corrected chi connectivity index (χ4v) is 2.94. The molecule has 0 unspecified atom stereocenters. The molecule has 0 radical (unpaired) electrons. The van der Waals surface area contributed by atoms with Gasteiger partial charge in [-0.2, -0.15) is 10.4 Å². The van der Waals surface area contributed by atoms with Gasteiger partial charge >= 0.3 is 0 Å². The lowest BCUT2D eigenvalue weighted by molar-refractivity contribution is 0.107. The summed E-state index contributed by atoms with van der Waals surface area (Å²) in [5.41, 5.74) is 1.40. The van der Waals surface area contributed by atoms with E-state index in [4.69, 9.17) is 10.00 Å². The van der Waals surface area contributed by atoms with E-state index in [0.29, 0.717) is 18.1 Å². The first kappa shape index (κ1) is 14.2. The molecule has 0 spiro atoms. The summed E-state index contributed by atoms with van der Waals surface area (Å²) in [7, 11) is 0. The molecule has 0 bridgehead atoms. The van der Waals surface area contributed by atoms with Crippen LogP contribution in [0.25, 0.3) is 0 Å². The van der Waals surface area contributed by atoms with Crippen molar-refractivity contribution in [3.05, 3.63) is 36.0 Å². The Balaban J connectivity index is 1.47. The van der Waals surface area contributed by atoms with Gasteiger partial charge in [0.15, 0.2) is 5.69 Å². The number of nitrogens with one attached hydrogen (secondary N) is 1. The van der Waals surface area contributed by atoms with E-state index in [1.807, 2.05) is 16.9 Å². The second-order valence-electron chi connectivity index (χ2n) is 6.17. The Morgan fingerprint density at radius 2 is 2.22 bits per heavy atom. The highest BCUT2D eigenvalue weighted by molar-refractivity contribution is 5.37. The van der Waals surface area contributed by atoms with Crippen LogP contribution in [-0.2, 0) is 11.3 Å². The van der Waals surface area contributed by atoms with Gasteiger partial charge in [-0.15, -0.1) is 0 Å². The van der Waals surface area contributed by atoms with Crippen LogP contribution in [0.3, 0.4) is 0 Å². The Kier molecular flexibility index (Phi) is 3.67. The van der Waals surface area contributed by atoms with E-state index in [1.165, 1.54) is 19.0 Å². The molecule has 1 aliphatic carbocycles. The maximum absolute atomic E-state index is 8.92. The van der Waals surface area contributed by atoms with E-state index in [-0.39, 0.29) is 12.1 Å². The SMILES string of the molecule is N#Cc1cncc(N[C@H]2CCO[C@@H]2c2cnn(CC3CC3)c2)n1. The highest BCUT2D eigenvalue weighted by Crippen LogP contribution is 2.33. The number of hydrogen-bond acceptors (Lipinski definition) is 6. The molecular weight excluding hydrogens is 292 g/mol. The number of rotatable bonds is 5. The lowest BCUT2D eigenvalue weighted by Gasteiger charge is -2.19. The third kappa shape index (κ3) is 3.17. The van der Waals surface area contributed by atoms with Crippen LogP contribution in [0.4, 0.5) is 5.82 Å². The molecule has 0 amide bonds. The molecule has 7 nitrogen and oxygen atoms in total. The Labute approximate surface area is 134 Å². The van der Waals surface area contributed by atoms with Gasteiger partial charge in [-0.25, -0.2) is 4.98 Å². The lowest BCUT2D eigenvalue weighted by atomic mass is 10.1. The van der Waals surface area contributed by atoms with Gasteiger partial charge in [0.05, 0.1) is 24.6 Å². The smallest absolute Gasteiger partial charge is 0.161 e. The first-order chi connectivity index (χ1) is 11.3. The quantitative estimate of drug-likeness (QED) is 0.907. The van der Waals surface area contributed by atoms with Crippen molar-refractivity contribution in [2.45, 2.75) is 38.0 Å². The van der Waals surface area contributed by atoms with Crippen molar-refractivity contribution in [1.82, 2.24) is 19.7 Å². The van der Waals surface area contributed by atoms with E-state index >= 15 is 0 Å². The van der Waals surface area contributed by atoms with Crippen LogP contribution in [0.5, 0.6) is 0 Å². The van der Waals surface area contributed by atoms with Crippen LogP contribution in [0, 0.1) is 17.2 Å². The van der Waals surface area contributed by atoms with Crippen molar-refractivity contribution in [3.63, 3.8) is 0 Å². The molecule has 1 N–H and O–H groups in total. The minimum absolute atomic E-state index is 0.0458. The summed E-state index contributed by atoms with van der Waals surface area (Å²) < 4.78 is 7.90. The van der Waals surface area contributed by atoms with Crippen molar-refractivity contribution in [2.75, 3.05) is 11.9 Å². The van der Waals surface area contributed by atoms with Crippen molar-refractivity contribution in [3.8, 4) is 6.07 Å². The van der Waals surface area contributed by atoms with Gasteiger partial charge < -0.3 is 10.1 Å². The number of nitrogens with zero attached hydrogens (tertiary/aromatic N) is 5. The van der Waals surface area contributed by atoms with Gasteiger partial charge in [0.25, 0.3) is 0 Å². The Hall–Kier alpha value is -2.46. The van der Waals surface area contributed by atoms with Crippen molar-refractivity contribution in [2.24, 2.45) is 5.92 Å². The van der Waals surface area contributed by atoms with Crippen molar-refractivity contribution < 1.29 is 4.74 Å². The topological polar surface area (TPSA) is 88.6 Å². The van der Waals surface area contributed by atoms with Crippen LogP contribution in [0.1, 0.15) is 36.6 Å². The van der Waals surface area contributed by atoms with E-state index < -0.39 is 0 Å². The summed E-state index contributed by atoms with van der Waals surface area (Å²) in [6.45, 7) is 1.70. The van der Waals surface area contributed by atoms with E-state index in [1.54, 1.807) is 6.20 Å². The molecule has 118 valence electrons. The van der Waals surface area contributed by atoms with Crippen LogP contribution < -0.4 is 5.32 Å². The zero-order valence-electron chi connectivity index (χ0n) is 12.7. The number of hydrogen-bond donors (Lipinski definition) is 1. The summed E-state index contributed by atoms with van der Waals surface area (Å²) in [4.78, 5) is 8.26. The minimum atomic E-state index is -0.0458. The number of ether oxygens (including phenoxy) is 1. The van der Waals surface area contributed by atoms with E-state index in [0.717, 1.165) is 24.4 Å². The number of anilines is 1. The molecular formula is C16H18N6O. The van der Waals surface area contributed by atoms with Crippen molar-refractivity contribution >= 4 is 5.82 Å². The lowest BCUT2D eigenvalue weighted by Crippen LogP contribution is -2.23. The normalized spacial score (nSPS) is 23.6. The summed E-state index contributed by atoms with van der Waals surface area (Å²) in [5.74, 6) is 1.40. The second-order valence-corrected chi connectivity index (χ2v) is 6.17. The average Bonchev–Trinajstić information content (AvgIpc) is 3.07. The van der Waals surface area contributed by atoms with Gasteiger partial charge in [-0.1, -0.05) is 0 Å². The van der Waals surface area contributed by atoms with Gasteiger partial charge in [0.1, 0.15) is 18.0 Å². The molecule has 2 atom stereocenters. The zero-order valence-corrected chi connectivity index (χ0v) is 12.7. The Morgan fingerprint density at radius 3 is 3.04 bits per heavy atom. The molecule has 4 rings (SSSR count). The van der Waals surface area contributed by atoms with Crippen molar-refractivity contribution in [1.29, 1.82) is 5.26 Å². The predicted octanol–water partition coefficient (Wildman–Crippen LogP) is 1.90.